The summed E-state index contributed by atoms with van der Waals surface area (Å²) in [4.78, 5) is 15.2. The van der Waals surface area contributed by atoms with Gasteiger partial charge < -0.3 is 9.84 Å². The molecule has 132 valence electrons. The summed E-state index contributed by atoms with van der Waals surface area (Å²) < 4.78 is 32.5. The predicted molar refractivity (Wildman–Crippen MR) is 89.8 cm³/mol. The molecule has 8 heteroatoms. The van der Waals surface area contributed by atoms with E-state index in [1.54, 1.807) is 12.1 Å². The quantitative estimate of drug-likeness (QED) is 0.872. The van der Waals surface area contributed by atoms with Crippen molar-refractivity contribution in [1.82, 2.24) is 9.29 Å². The Morgan fingerprint density at radius 1 is 1.36 bits per heavy atom. The third kappa shape index (κ3) is 3.35. The molecule has 1 aliphatic rings. The molecule has 1 N–H and O–H groups in total. The third-order valence-corrected chi connectivity index (χ3v) is 6.14. The summed E-state index contributed by atoms with van der Waals surface area (Å²) in [5.41, 5.74) is 1.71. The van der Waals surface area contributed by atoms with Crippen LogP contribution in [0.4, 0.5) is 0 Å². The normalized spacial score (nSPS) is 17.7. The van der Waals surface area contributed by atoms with Crippen LogP contribution < -0.4 is 4.74 Å². The van der Waals surface area contributed by atoms with Crippen LogP contribution >= 0.6 is 0 Å². The first-order valence-corrected chi connectivity index (χ1v) is 9.18. The fourth-order valence-corrected chi connectivity index (χ4v) is 4.67. The number of fused-ring (bicyclic) bond motifs is 1. The van der Waals surface area contributed by atoms with Crippen molar-refractivity contribution >= 4 is 16.0 Å². The first-order valence-electron chi connectivity index (χ1n) is 7.74. The van der Waals surface area contributed by atoms with Crippen molar-refractivity contribution < 1.29 is 23.1 Å². The number of methoxy groups -OCH3 is 1. The molecule has 7 nitrogen and oxygen atoms in total. The predicted octanol–water partition coefficient (Wildman–Crippen LogP) is 1.85. The maximum atomic E-state index is 13.1. The molecule has 2 heterocycles. The van der Waals surface area contributed by atoms with E-state index in [0.717, 1.165) is 11.1 Å². The lowest BCUT2D eigenvalue weighted by Crippen LogP contribution is -2.41. The Hall–Kier alpha value is -2.45. The Balaban J connectivity index is 2.06. The van der Waals surface area contributed by atoms with Crippen LogP contribution in [0.1, 0.15) is 23.6 Å². The summed E-state index contributed by atoms with van der Waals surface area (Å²) in [5, 5.41) is 9.27. The number of nitrogens with zero attached hydrogens (tertiary/aromatic N) is 2. The molecule has 2 aromatic rings. The van der Waals surface area contributed by atoms with Crippen LogP contribution in [0.5, 0.6) is 5.75 Å². The Morgan fingerprint density at radius 3 is 2.84 bits per heavy atom. The number of aliphatic carboxylic acids is 1. The van der Waals surface area contributed by atoms with E-state index in [1.807, 2.05) is 12.1 Å². The number of hydrogen-bond acceptors (Lipinski definition) is 5. The molecule has 1 unspecified atom stereocenters. The van der Waals surface area contributed by atoms with Crippen molar-refractivity contribution in [1.29, 1.82) is 0 Å². The average molecular weight is 362 g/mol. The van der Waals surface area contributed by atoms with Gasteiger partial charge in [0.2, 0.25) is 10.0 Å². The molecule has 0 aliphatic carbocycles. The minimum atomic E-state index is -3.90. The van der Waals surface area contributed by atoms with E-state index < -0.39 is 22.0 Å². The van der Waals surface area contributed by atoms with Crippen LogP contribution in [0.25, 0.3) is 0 Å². The maximum absolute atomic E-state index is 13.1. The minimum absolute atomic E-state index is 0.0124. The highest BCUT2D eigenvalue weighted by Gasteiger charge is 2.37. The highest BCUT2D eigenvalue weighted by Crippen LogP contribution is 2.36. The maximum Gasteiger partial charge on any atom is 0.305 e. The second-order valence-electron chi connectivity index (χ2n) is 5.74. The molecule has 0 fully saturated rings. The molecule has 0 radical (unpaired) electrons. The second kappa shape index (κ2) is 6.81. The number of aromatic nitrogens is 1. The lowest BCUT2D eigenvalue weighted by molar-refractivity contribution is -0.138. The molecule has 1 atom stereocenters. The summed E-state index contributed by atoms with van der Waals surface area (Å²) in [5.74, 6) is -0.723. The smallest absolute Gasteiger partial charge is 0.305 e. The van der Waals surface area contributed by atoms with Gasteiger partial charge in [-0.3, -0.25) is 9.78 Å². The monoisotopic (exact) mass is 362 g/mol. The van der Waals surface area contributed by atoms with Crippen molar-refractivity contribution in [3.63, 3.8) is 0 Å². The highest BCUT2D eigenvalue weighted by atomic mass is 32.2. The lowest BCUT2D eigenvalue weighted by Gasteiger charge is -2.35. The van der Waals surface area contributed by atoms with Gasteiger partial charge in [-0.1, -0.05) is 24.3 Å². The van der Waals surface area contributed by atoms with E-state index in [0.29, 0.717) is 12.2 Å². The third-order valence-electron chi connectivity index (χ3n) is 4.26. The molecule has 1 aromatic carbocycles. The Bertz CT molecular complexity index is 897. The highest BCUT2D eigenvalue weighted by molar-refractivity contribution is 7.89. The van der Waals surface area contributed by atoms with Crippen LogP contribution in [0, 0.1) is 0 Å². The van der Waals surface area contributed by atoms with Gasteiger partial charge >= 0.3 is 5.97 Å². The molecule has 0 saturated carbocycles. The first-order chi connectivity index (χ1) is 11.9. The zero-order valence-corrected chi connectivity index (χ0v) is 14.4. The summed E-state index contributed by atoms with van der Waals surface area (Å²) in [6.07, 6.45) is 2.89. The van der Waals surface area contributed by atoms with Crippen LogP contribution in [0.3, 0.4) is 0 Å². The largest absolute Gasteiger partial charge is 0.495 e. The van der Waals surface area contributed by atoms with E-state index in [1.165, 1.54) is 29.9 Å². The first kappa shape index (κ1) is 17.4. The number of carboxylic acid groups (broad SMARTS) is 1. The number of hydrogen-bond donors (Lipinski definition) is 1. The molecule has 0 spiro atoms. The van der Waals surface area contributed by atoms with Crippen LogP contribution in [-0.4, -0.2) is 42.4 Å². The van der Waals surface area contributed by atoms with Gasteiger partial charge in [0.25, 0.3) is 0 Å². The van der Waals surface area contributed by atoms with Gasteiger partial charge in [0, 0.05) is 18.8 Å². The summed E-state index contributed by atoms with van der Waals surface area (Å²) in [7, 11) is -2.48. The summed E-state index contributed by atoms with van der Waals surface area (Å²) >= 11 is 0. The van der Waals surface area contributed by atoms with Gasteiger partial charge in [-0.05, 0) is 17.5 Å². The topological polar surface area (TPSA) is 96.8 Å². The number of rotatable bonds is 5. The molecule has 1 aliphatic heterocycles. The fourth-order valence-electron chi connectivity index (χ4n) is 3.08. The van der Waals surface area contributed by atoms with Gasteiger partial charge in [-0.2, -0.15) is 4.31 Å². The molecule has 0 amide bonds. The standard InChI is InChI=1S/C17H18N2O5S/c1-24-13-8-14(11-18-10-13)25(22,23)19-7-6-12-4-2-3-5-15(12)16(19)9-17(20)21/h2-5,8,10-11,16H,6-7,9H2,1H3,(H,20,21). The number of carboxylic acids is 1. The Labute approximate surface area is 145 Å². The molecular formula is C17H18N2O5S. The van der Waals surface area contributed by atoms with Crippen molar-refractivity contribution in [2.45, 2.75) is 23.8 Å². The lowest BCUT2D eigenvalue weighted by atomic mass is 9.92. The number of pyridine rings is 1. The molecular weight excluding hydrogens is 344 g/mol. The van der Waals surface area contributed by atoms with Crippen LogP contribution in [-0.2, 0) is 21.2 Å². The van der Waals surface area contributed by atoms with Gasteiger partial charge in [0.05, 0.1) is 25.8 Å². The zero-order chi connectivity index (χ0) is 18.0. The van der Waals surface area contributed by atoms with E-state index >= 15 is 0 Å². The molecule has 3 rings (SSSR count). The van der Waals surface area contributed by atoms with Crippen LogP contribution in [0.15, 0.2) is 47.6 Å². The molecule has 25 heavy (non-hydrogen) atoms. The molecule has 0 bridgehead atoms. The van der Waals surface area contributed by atoms with Crippen molar-refractivity contribution in [3.8, 4) is 5.75 Å². The van der Waals surface area contributed by atoms with Gasteiger partial charge in [-0.25, -0.2) is 8.42 Å². The summed E-state index contributed by atoms with van der Waals surface area (Å²) in [6, 6.07) is 7.98. The van der Waals surface area contributed by atoms with Crippen LogP contribution in [0.2, 0.25) is 0 Å². The zero-order valence-electron chi connectivity index (χ0n) is 13.6. The number of ether oxygens (including phenoxy) is 1. The van der Waals surface area contributed by atoms with Gasteiger partial charge in [0.1, 0.15) is 10.6 Å². The molecule has 1 aromatic heterocycles. The van der Waals surface area contributed by atoms with Crippen molar-refractivity contribution in [3.05, 3.63) is 53.9 Å². The second-order valence-corrected chi connectivity index (χ2v) is 7.63. The van der Waals surface area contributed by atoms with Gasteiger partial charge in [0.15, 0.2) is 0 Å². The fraction of sp³-hybridized carbons (Fsp3) is 0.294. The minimum Gasteiger partial charge on any atom is -0.495 e. The van der Waals surface area contributed by atoms with E-state index in [2.05, 4.69) is 4.98 Å². The van der Waals surface area contributed by atoms with E-state index in [9.17, 15) is 18.3 Å². The van der Waals surface area contributed by atoms with Crippen molar-refractivity contribution in [2.75, 3.05) is 13.7 Å². The van der Waals surface area contributed by atoms with E-state index in [-0.39, 0.29) is 17.9 Å². The van der Waals surface area contributed by atoms with Gasteiger partial charge in [-0.15, -0.1) is 0 Å². The SMILES string of the molecule is COc1cncc(S(=O)(=O)N2CCc3ccccc3C2CC(=O)O)c1. The number of sulfonamides is 1. The number of benzene rings is 1. The molecule has 0 saturated heterocycles. The van der Waals surface area contributed by atoms with E-state index in [4.69, 9.17) is 4.74 Å². The average Bonchev–Trinajstić information content (AvgIpc) is 2.61. The van der Waals surface area contributed by atoms with Crippen molar-refractivity contribution in [2.24, 2.45) is 0 Å². The Morgan fingerprint density at radius 2 is 2.12 bits per heavy atom. The Kier molecular flexibility index (Phi) is 4.73. The summed E-state index contributed by atoms with van der Waals surface area (Å²) in [6.45, 7) is 0.217. The number of carbonyl (C=O) groups is 1.